The second-order valence-electron chi connectivity index (χ2n) is 8.28. The number of unbranched alkanes of at least 4 members (excludes halogenated alkanes) is 5. The van der Waals surface area contributed by atoms with Gasteiger partial charge in [0.1, 0.15) is 0 Å². The van der Waals surface area contributed by atoms with Crippen LogP contribution in [0.25, 0.3) is 10.8 Å². The molecule has 0 aliphatic carbocycles. The normalized spacial score (nSPS) is 10.8. The van der Waals surface area contributed by atoms with Gasteiger partial charge in [-0.25, -0.2) is 0 Å². The Morgan fingerprint density at radius 2 is 1.38 bits per heavy atom. The molecule has 0 bridgehead atoms. The molecule has 3 aromatic carbocycles. The average Bonchev–Trinajstić information content (AvgIpc) is 2.79. The highest BCUT2D eigenvalue weighted by Gasteiger charge is 2.05. The van der Waals surface area contributed by atoms with E-state index in [1.165, 1.54) is 10.8 Å². The van der Waals surface area contributed by atoms with Gasteiger partial charge < -0.3 is 10.6 Å². The number of benzene rings is 3. The minimum absolute atomic E-state index is 0.0541. The highest BCUT2D eigenvalue weighted by atomic mass is 16.2. The lowest BCUT2D eigenvalue weighted by atomic mass is 10.0. The van der Waals surface area contributed by atoms with Crippen LogP contribution in [-0.2, 0) is 16.1 Å². The van der Waals surface area contributed by atoms with E-state index in [1.807, 2.05) is 42.5 Å². The summed E-state index contributed by atoms with van der Waals surface area (Å²) in [5.41, 5.74) is 2.85. The molecular weight excluding hydrogens is 396 g/mol. The summed E-state index contributed by atoms with van der Waals surface area (Å²) in [5, 5.41) is 8.36. The van der Waals surface area contributed by atoms with Gasteiger partial charge in [-0.2, -0.15) is 0 Å². The van der Waals surface area contributed by atoms with E-state index in [4.69, 9.17) is 0 Å². The Balaban J connectivity index is 1.21. The lowest BCUT2D eigenvalue weighted by Crippen LogP contribution is -2.22. The van der Waals surface area contributed by atoms with Crippen LogP contribution in [-0.4, -0.2) is 11.8 Å². The number of fused-ring (bicyclic) bond motifs is 1. The third kappa shape index (κ3) is 7.84. The lowest BCUT2D eigenvalue weighted by molar-refractivity contribution is -0.121. The van der Waals surface area contributed by atoms with Crippen LogP contribution in [0, 0.1) is 6.92 Å². The number of nitrogens with one attached hydrogen (secondary N) is 2. The zero-order chi connectivity index (χ0) is 22.6. The quantitative estimate of drug-likeness (QED) is 0.327. The third-order valence-corrected chi connectivity index (χ3v) is 5.62. The largest absolute Gasteiger partial charge is 0.352 e. The van der Waals surface area contributed by atoms with E-state index in [-0.39, 0.29) is 11.8 Å². The molecule has 2 N–H and O–H groups in total. The van der Waals surface area contributed by atoms with Crippen molar-refractivity contribution in [3.63, 3.8) is 0 Å². The van der Waals surface area contributed by atoms with Gasteiger partial charge in [-0.05, 0) is 53.8 Å². The molecule has 0 heterocycles. The summed E-state index contributed by atoms with van der Waals surface area (Å²) >= 11 is 0. The Kier molecular flexibility index (Phi) is 9.30. The van der Waals surface area contributed by atoms with E-state index in [1.54, 1.807) is 0 Å². The second kappa shape index (κ2) is 12.7. The van der Waals surface area contributed by atoms with Crippen molar-refractivity contribution >= 4 is 28.3 Å². The van der Waals surface area contributed by atoms with Gasteiger partial charge in [-0.1, -0.05) is 80.3 Å². The minimum atomic E-state index is 0.0541. The maximum atomic E-state index is 12.2. The first kappa shape index (κ1) is 23.5. The van der Waals surface area contributed by atoms with Crippen LogP contribution in [0.3, 0.4) is 0 Å². The zero-order valence-electron chi connectivity index (χ0n) is 18.7. The van der Waals surface area contributed by atoms with E-state index in [0.717, 1.165) is 55.3 Å². The Labute approximate surface area is 191 Å². The van der Waals surface area contributed by atoms with Crippen molar-refractivity contribution in [3.05, 3.63) is 84.8 Å². The van der Waals surface area contributed by atoms with E-state index in [9.17, 15) is 9.59 Å². The van der Waals surface area contributed by atoms with Gasteiger partial charge in [0.2, 0.25) is 11.8 Å². The number of carbonyl (C=O) groups is 2. The molecule has 3 rings (SSSR count). The fraction of sp³-hybridized carbons (Fsp3) is 0.321. The standard InChI is InChI=1S/C28H33N2O2/c1-22-12-10-16-25(20-22)30-28(32)19-7-5-3-2-4-6-18-27(31)29-21-24-15-11-14-23-13-8-9-17-26(23)24/h8-17,20H,1-7,18-19,21H2,(H,29,31)(H,30,32). The third-order valence-electron chi connectivity index (χ3n) is 5.62. The molecular formula is C28H33N2O2. The van der Waals surface area contributed by atoms with E-state index in [0.29, 0.717) is 19.4 Å². The van der Waals surface area contributed by atoms with Crippen LogP contribution in [0.1, 0.15) is 62.5 Å². The maximum absolute atomic E-state index is 12.2. The molecule has 0 unspecified atom stereocenters. The van der Waals surface area contributed by atoms with Gasteiger partial charge >= 0.3 is 0 Å². The van der Waals surface area contributed by atoms with Crippen molar-refractivity contribution in [1.29, 1.82) is 0 Å². The van der Waals surface area contributed by atoms with Crippen molar-refractivity contribution in [3.8, 4) is 0 Å². The molecule has 2 amide bonds. The first-order valence-corrected chi connectivity index (χ1v) is 11.6. The van der Waals surface area contributed by atoms with Crippen molar-refractivity contribution in [2.45, 2.75) is 57.9 Å². The molecule has 0 spiro atoms. The predicted molar refractivity (Wildman–Crippen MR) is 132 cm³/mol. The Hall–Kier alpha value is -3.14. The van der Waals surface area contributed by atoms with Crippen molar-refractivity contribution < 1.29 is 9.59 Å². The first-order valence-electron chi connectivity index (χ1n) is 11.6. The van der Waals surface area contributed by atoms with Gasteiger partial charge in [0, 0.05) is 25.1 Å². The van der Waals surface area contributed by atoms with Crippen LogP contribution < -0.4 is 10.6 Å². The highest BCUT2D eigenvalue weighted by molar-refractivity contribution is 5.90. The van der Waals surface area contributed by atoms with Crippen LogP contribution >= 0.6 is 0 Å². The van der Waals surface area contributed by atoms with Crippen LogP contribution in [0.2, 0.25) is 0 Å². The number of carbonyl (C=O) groups excluding carboxylic acids is 2. The lowest BCUT2D eigenvalue weighted by Gasteiger charge is -2.08. The number of anilines is 1. The SMILES string of the molecule is [CH2]c1cccc(NC(=O)CCCCCCCCC(=O)NCc2cccc3ccccc23)c1. The second-order valence-corrected chi connectivity index (χ2v) is 8.28. The summed E-state index contributed by atoms with van der Waals surface area (Å²) in [6, 6.07) is 22.0. The molecule has 0 aliphatic heterocycles. The molecule has 4 nitrogen and oxygen atoms in total. The summed E-state index contributed by atoms with van der Waals surface area (Å²) < 4.78 is 0. The zero-order valence-corrected chi connectivity index (χ0v) is 18.7. The molecule has 0 saturated carbocycles. The number of hydrogen-bond acceptors (Lipinski definition) is 2. The molecule has 0 atom stereocenters. The number of hydrogen-bond donors (Lipinski definition) is 2. The van der Waals surface area contributed by atoms with Gasteiger partial charge in [0.15, 0.2) is 0 Å². The Bertz CT molecular complexity index is 1020. The topological polar surface area (TPSA) is 58.2 Å². The molecule has 167 valence electrons. The summed E-state index contributed by atoms with van der Waals surface area (Å²) in [5.74, 6) is 0.166. The predicted octanol–water partition coefficient (Wildman–Crippen LogP) is 6.40. The Morgan fingerprint density at radius 1 is 0.719 bits per heavy atom. The van der Waals surface area contributed by atoms with Gasteiger partial charge in [-0.15, -0.1) is 0 Å². The summed E-state index contributed by atoms with van der Waals surface area (Å²) in [7, 11) is 0. The molecule has 0 aliphatic rings. The van der Waals surface area contributed by atoms with E-state index < -0.39 is 0 Å². The number of rotatable bonds is 12. The van der Waals surface area contributed by atoms with Crippen LogP contribution in [0.4, 0.5) is 5.69 Å². The van der Waals surface area contributed by atoms with Crippen LogP contribution in [0.15, 0.2) is 66.7 Å². The molecule has 32 heavy (non-hydrogen) atoms. The van der Waals surface area contributed by atoms with E-state index >= 15 is 0 Å². The summed E-state index contributed by atoms with van der Waals surface area (Å²) in [4.78, 5) is 24.2. The van der Waals surface area contributed by atoms with Gasteiger partial charge in [0.25, 0.3) is 0 Å². The van der Waals surface area contributed by atoms with Gasteiger partial charge in [0.05, 0.1) is 0 Å². The summed E-state index contributed by atoms with van der Waals surface area (Å²) in [6.45, 7) is 4.44. The molecule has 4 heteroatoms. The minimum Gasteiger partial charge on any atom is -0.352 e. The first-order chi connectivity index (χ1) is 15.6. The number of amides is 2. The molecule has 3 aromatic rings. The van der Waals surface area contributed by atoms with Gasteiger partial charge in [-0.3, -0.25) is 9.59 Å². The molecule has 0 saturated heterocycles. The average molecular weight is 430 g/mol. The van der Waals surface area contributed by atoms with Crippen molar-refractivity contribution in [2.24, 2.45) is 0 Å². The monoisotopic (exact) mass is 429 g/mol. The van der Waals surface area contributed by atoms with Crippen LogP contribution in [0.5, 0.6) is 0 Å². The van der Waals surface area contributed by atoms with Crippen molar-refractivity contribution in [2.75, 3.05) is 5.32 Å². The summed E-state index contributed by atoms with van der Waals surface area (Å²) in [6.07, 6.45) is 7.18. The van der Waals surface area contributed by atoms with E-state index in [2.05, 4.69) is 41.8 Å². The fourth-order valence-electron chi connectivity index (χ4n) is 3.88. The highest BCUT2D eigenvalue weighted by Crippen LogP contribution is 2.18. The fourth-order valence-corrected chi connectivity index (χ4v) is 3.88. The molecule has 0 aromatic heterocycles. The molecule has 1 radical (unpaired) electrons. The molecule has 0 fully saturated rings. The van der Waals surface area contributed by atoms with Crippen molar-refractivity contribution in [1.82, 2.24) is 5.32 Å². The Morgan fingerprint density at radius 3 is 2.16 bits per heavy atom. The maximum Gasteiger partial charge on any atom is 0.224 e. The smallest absolute Gasteiger partial charge is 0.224 e.